The molecule has 1 atom stereocenters. The molecule has 0 aromatic heterocycles. The molecule has 0 radical (unpaired) electrons. The Morgan fingerprint density at radius 1 is 1.04 bits per heavy atom. The van der Waals surface area contributed by atoms with Gasteiger partial charge >= 0.3 is 35.6 Å². The van der Waals surface area contributed by atoms with Crippen LogP contribution >= 0.6 is 27.2 Å². The first-order valence-corrected chi connectivity index (χ1v) is 13.6. The second-order valence-electron chi connectivity index (χ2n) is 5.82. The molecule has 0 saturated heterocycles. The molecule has 1 N–H and O–H groups in total. The van der Waals surface area contributed by atoms with Gasteiger partial charge in [0, 0.05) is 29.4 Å². The summed E-state index contributed by atoms with van der Waals surface area (Å²) >= 11 is -0.556. The third-order valence-corrected chi connectivity index (χ3v) is 5.61. The van der Waals surface area contributed by atoms with Gasteiger partial charge in [-0.25, -0.2) is 0 Å². The van der Waals surface area contributed by atoms with E-state index in [1.54, 1.807) is 0 Å². The van der Waals surface area contributed by atoms with E-state index < -0.39 is 17.0 Å². The van der Waals surface area contributed by atoms with E-state index in [0.29, 0.717) is 14.3 Å². The molecule has 0 spiro atoms. The first-order valence-electron chi connectivity index (χ1n) is 8.27. The minimum atomic E-state index is -0.556. The Kier molecular flexibility index (Phi) is 10.5. The van der Waals surface area contributed by atoms with Crippen molar-refractivity contribution in [3.05, 3.63) is 47.0 Å². The van der Waals surface area contributed by atoms with Crippen LogP contribution in [-0.2, 0) is 17.0 Å². The van der Waals surface area contributed by atoms with Crippen molar-refractivity contribution in [3.8, 4) is 5.75 Å². The van der Waals surface area contributed by atoms with Crippen molar-refractivity contribution >= 4 is 43.5 Å². The van der Waals surface area contributed by atoms with Gasteiger partial charge in [0.15, 0.2) is 0 Å². The van der Waals surface area contributed by atoms with E-state index in [1.165, 1.54) is 22.1 Å². The second-order valence-corrected chi connectivity index (χ2v) is 9.68. The summed E-state index contributed by atoms with van der Waals surface area (Å²) in [5, 5.41) is 12.8. The maximum atomic E-state index is 10.4. The third kappa shape index (κ3) is 6.45. The number of aryl methyl sites for hydroxylation is 3. The molecule has 0 saturated carbocycles. The van der Waals surface area contributed by atoms with Crippen molar-refractivity contribution in [1.29, 1.82) is 0 Å². The summed E-state index contributed by atoms with van der Waals surface area (Å²) < 4.78 is 0. The topological polar surface area (TPSA) is 23.5 Å². The van der Waals surface area contributed by atoms with Crippen LogP contribution in [0.1, 0.15) is 30.5 Å². The maximum absolute atomic E-state index is 10.4. The van der Waals surface area contributed by atoms with E-state index in [4.69, 9.17) is 18.6 Å². The SMILES string of the molecule is CCN(CC)c1cccc(C)c1Pc1cc(C)cc(C)c1O.[Cl][Ti][Cl]. The van der Waals surface area contributed by atoms with Crippen LogP contribution in [-0.4, -0.2) is 18.2 Å². The van der Waals surface area contributed by atoms with E-state index in [1.807, 2.05) is 13.0 Å². The average molecular weight is 434 g/mol. The van der Waals surface area contributed by atoms with Crippen LogP contribution in [0.3, 0.4) is 0 Å². The predicted octanol–water partition coefficient (Wildman–Crippen LogP) is 5.17. The van der Waals surface area contributed by atoms with Crippen LogP contribution in [0.4, 0.5) is 5.69 Å². The molecular formula is C19H26Cl2NOPTi. The zero-order chi connectivity index (χ0) is 19.0. The number of rotatable bonds is 5. The summed E-state index contributed by atoms with van der Waals surface area (Å²) in [5.74, 6) is 0.442. The minimum absolute atomic E-state index is 0.442. The van der Waals surface area contributed by atoms with Crippen LogP contribution in [0.15, 0.2) is 30.3 Å². The fourth-order valence-corrected chi connectivity index (χ4v) is 4.37. The van der Waals surface area contributed by atoms with Crippen molar-refractivity contribution in [3.63, 3.8) is 0 Å². The molecule has 2 rings (SSSR count). The van der Waals surface area contributed by atoms with Gasteiger partial charge in [-0.1, -0.05) is 26.8 Å². The van der Waals surface area contributed by atoms with E-state index in [9.17, 15) is 5.11 Å². The Morgan fingerprint density at radius 3 is 2.20 bits per heavy atom. The molecule has 136 valence electrons. The molecule has 0 bridgehead atoms. The normalized spacial score (nSPS) is 10.5. The molecule has 6 heteroatoms. The summed E-state index contributed by atoms with van der Waals surface area (Å²) in [6.07, 6.45) is 0. The quantitative estimate of drug-likeness (QED) is 0.519. The first-order chi connectivity index (χ1) is 11.9. The van der Waals surface area contributed by atoms with Gasteiger partial charge in [-0.05, 0) is 63.4 Å². The van der Waals surface area contributed by atoms with Gasteiger partial charge in [-0.15, -0.1) is 0 Å². The molecule has 2 aromatic rings. The number of aromatic hydroxyl groups is 1. The molecular weight excluding hydrogens is 408 g/mol. The molecule has 2 aromatic carbocycles. The molecule has 25 heavy (non-hydrogen) atoms. The third-order valence-electron chi connectivity index (χ3n) is 4.06. The monoisotopic (exact) mass is 433 g/mol. The van der Waals surface area contributed by atoms with Crippen molar-refractivity contribution < 1.29 is 22.1 Å². The van der Waals surface area contributed by atoms with Gasteiger partial charge in [-0.2, -0.15) is 0 Å². The summed E-state index contributed by atoms with van der Waals surface area (Å²) in [6.45, 7) is 12.6. The second kappa shape index (κ2) is 11.5. The molecule has 0 aliphatic carbocycles. The predicted molar refractivity (Wildman–Crippen MR) is 112 cm³/mol. The van der Waals surface area contributed by atoms with E-state index in [0.717, 1.165) is 24.0 Å². The average Bonchev–Trinajstić information content (AvgIpc) is 2.56. The van der Waals surface area contributed by atoms with Gasteiger partial charge in [-0.3, -0.25) is 0 Å². The first kappa shape index (κ1) is 22.8. The fraction of sp³-hybridized carbons (Fsp3) is 0.368. The summed E-state index contributed by atoms with van der Waals surface area (Å²) in [7, 11) is 10.3. The van der Waals surface area contributed by atoms with Gasteiger partial charge in [0.25, 0.3) is 0 Å². The van der Waals surface area contributed by atoms with Crippen molar-refractivity contribution in [2.75, 3.05) is 18.0 Å². The van der Waals surface area contributed by atoms with Crippen molar-refractivity contribution in [2.45, 2.75) is 34.6 Å². The standard InChI is InChI=1S/C19H26NOP.2ClH.Ti/c1-6-20(7-2)16-10-8-9-14(4)19(16)22-17-12-13(3)11-15(5)18(17)21;;;/h8-12,21-22H,6-7H2,1-5H3;2*1H;/q;;;+2/p-2. The van der Waals surface area contributed by atoms with Crippen LogP contribution in [0.2, 0.25) is 0 Å². The molecule has 0 aliphatic heterocycles. The molecule has 2 nitrogen and oxygen atoms in total. The van der Waals surface area contributed by atoms with Crippen molar-refractivity contribution in [1.82, 2.24) is 0 Å². The fourth-order valence-electron chi connectivity index (χ4n) is 2.83. The number of hydrogen-bond acceptors (Lipinski definition) is 2. The van der Waals surface area contributed by atoms with E-state index in [2.05, 4.69) is 56.9 Å². The van der Waals surface area contributed by atoms with Gasteiger partial charge in [0.05, 0.1) is 0 Å². The summed E-state index contributed by atoms with van der Waals surface area (Å²) in [5.41, 5.74) is 4.75. The van der Waals surface area contributed by atoms with Gasteiger partial charge < -0.3 is 10.0 Å². The number of phenols is 1. The van der Waals surface area contributed by atoms with Gasteiger partial charge in [0.1, 0.15) is 5.75 Å². The Hall–Kier alpha value is -0.236. The Labute approximate surface area is 170 Å². The zero-order valence-electron chi connectivity index (χ0n) is 15.5. The van der Waals surface area contributed by atoms with Crippen LogP contribution in [0.25, 0.3) is 0 Å². The number of anilines is 1. The Morgan fingerprint density at radius 2 is 1.64 bits per heavy atom. The number of hydrogen-bond donors (Lipinski definition) is 1. The number of nitrogens with zero attached hydrogens (tertiary/aromatic N) is 1. The molecule has 1 unspecified atom stereocenters. The zero-order valence-corrected chi connectivity index (χ0v) is 19.5. The number of benzene rings is 2. The molecule has 0 aliphatic rings. The molecule has 0 heterocycles. The Bertz CT molecular complexity index is 693. The van der Waals surface area contributed by atoms with Gasteiger partial charge in [0.2, 0.25) is 0 Å². The van der Waals surface area contributed by atoms with Crippen LogP contribution in [0.5, 0.6) is 5.75 Å². The van der Waals surface area contributed by atoms with Crippen LogP contribution < -0.4 is 15.5 Å². The molecule has 0 fully saturated rings. The number of halogens is 2. The number of phenolic OH excluding ortho intramolecular Hbond substituents is 1. The van der Waals surface area contributed by atoms with Crippen molar-refractivity contribution in [2.24, 2.45) is 0 Å². The van der Waals surface area contributed by atoms with Crippen LogP contribution in [0, 0.1) is 20.8 Å². The Balaban J connectivity index is 0.000000970. The van der Waals surface area contributed by atoms with E-state index >= 15 is 0 Å². The van der Waals surface area contributed by atoms with E-state index in [-0.39, 0.29) is 0 Å². The molecule has 0 amide bonds. The summed E-state index contributed by atoms with van der Waals surface area (Å²) in [4.78, 5) is 2.38. The summed E-state index contributed by atoms with van der Waals surface area (Å²) in [6, 6.07) is 10.6.